The first kappa shape index (κ1) is 8.70. The van der Waals surface area contributed by atoms with Gasteiger partial charge in [-0.3, -0.25) is 0 Å². The molecule has 0 radical (unpaired) electrons. The van der Waals surface area contributed by atoms with Gasteiger partial charge in [-0.05, 0) is 43.5 Å². The Bertz CT molecular complexity index is 277. The van der Waals surface area contributed by atoms with Gasteiger partial charge < -0.3 is 5.32 Å². The van der Waals surface area contributed by atoms with Crippen LogP contribution >= 0.6 is 0 Å². The fourth-order valence-electron chi connectivity index (χ4n) is 1.77. The molecule has 0 amide bonds. The second-order valence-electron chi connectivity index (χ2n) is 3.66. The van der Waals surface area contributed by atoms with Gasteiger partial charge in [0.15, 0.2) is 0 Å². The molecular weight excluding hydrogens is 165 g/mol. The van der Waals surface area contributed by atoms with Gasteiger partial charge >= 0.3 is 0 Å². The molecule has 1 aliphatic carbocycles. The molecule has 1 N–H and O–H groups in total. The monoisotopic (exact) mass is 179 g/mol. The van der Waals surface area contributed by atoms with Crippen LogP contribution in [0, 0.1) is 11.7 Å². The largest absolute Gasteiger partial charge is 0.313 e. The van der Waals surface area contributed by atoms with Crippen LogP contribution in [0.3, 0.4) is 0 Å². The van der Waals surface area contributed by atoms with Gasteiger partial charge in [-0.1, -0.05) is 12.1 Å². The predicted molar refractivity (Wildman–Crippen MR) is 50.9 cm³/mol. The maximum absolute atomic E-state index is 12.7. The minimum Gasteiger partial charge on any atom is -0.313 e. The predicted octanol–water partition coefficient (Wildman–Crippen LogP) is 2.50. The van der Waals surface area contributed by atoms with Crippen LogP contribution < -0.4 is 5.32 Å². The zero-order valence-corrected chi connectivity index (χ0v) is 7.76. The van der Waals surface area contributed by atoms with E-state index >= 15 is 0 Å². The summed E-state index contributed by atoms with van der Waals surface area (Å²) in [6.45, 7) is 0. The van der Waals surface area contributed by atoms with E-state index in [4.69, 9.17) is 0 Å². The lowest BCUT2D eigenvalue weighted by molar-refractivity contribution is 0.527. The lowest BCUT2D eigenvalue weighted by atomic mass is 10.0. The number of hydrogen-bond acceptors (Lipinski definition) is 1. The van der Waals surface area contributed by atoms with Gasteiger partial charge in [0, 0.05) is 6.04 Å². The van der Waals surface area contributed by atoms with Crippen LogP contribution in [-0.4, -0.2) is 7.05 Å². The lowest BCUT2D eigenvalue weighted by Crippen LogP contribution is -2.18. The third-order valence-electron chi connectivity index (χ3n) is 2.63. The van der Waals surface area contributed by atoms with Gasteiger partial charge in [0.05, 0.1) is 0 Å². The summed E-state index contributed by atoms with van der Waals surface area (Å²) in [6.07, 6.45) is 2.59. The molecule has 1 aliphatic rings. The van der Waals surface area contributed by atoms with Crippen molar-refractivity contribution in [3.63, 3.8) is 0 Å². The molecule has 70 valence electrons. The van der Waals surface area contributed by atoms with Gasteiger partial charge in [-0.25, -0.2) is 4.39 Å². The number of benzene rings is 1. The summed E-state index contributed by atoms with van der Waals surface area (Å²) in [5.41, 5.74) is 1.20. The van der Waals surface area contributed by atoms with Crippen LogP contribution in [0.2, 0.25) is 0 Å². The van der Waals surface area contributed by atoms with Crippen LogP contribution in [0.4, 0.5) is 4.39 Å². The Kier molecular flexibility index (Phi) is 2.32. The van der Waals surface area contributed by atoms with Crippen molar-refractivity contribution in [2.75, 3.05) is 7.05 Å². The Morgan fingerprint density at radius 1 is 1.31 bits per heavy atom. The average molecular weight is 179 g/mol. The number of hydrogen-bond donors (Lipinski definition) is 1. The molecular formula is C11H14FN. The number of nitrogens with one attached hydrogen (secondary N) is 1. The van der Waals surface area contributed by atoms with Crippen LogP contribution in [-0.2, 0) is 0 Å². The quantitative estimate of drug-likeness (QED) is 0.751. The van der Waals surface area contributed by atoms with Gasteiger partial charge in [-0.15, -0.1) is 0 Å². The topological polar surface area (TPSA) is 12.0 Å². The highest BCUT2D eigenvalue weighted by atomic mass is 19.1. The smallest absolute Gasteiger partial charge is 0.123 e. The minimum atomic E-state index is -0.158. The second-order valence-corrected chi connectivity index (χ2v) is 3.66. The van der Waals surface area contributed by atoms with Gasteiger partial charge in [-0.2, -0.15) is 0 Å². The van der Waals surface area contributed by atoms with Crippen molar-refractivity contribution >= 4 is 0 Å². The second kappa shape index (κ2) is 3.46. The van der Waals surface area contributed by atoms with Crippen molar-refractivity contribution in [1.82, 2.24) is 5.32 Å². The summed E-state index contributed by atoms with van der Waals surface area (Å²) in [5.74, 6) is 0.602. The van der Waals surface area contributed by atoms with Crippen molar-refractivity contribution in [3.8, 4) is 0 Å². The zero-order valence-electron chi connectivity index (χ0n) is 7.76. The standard InChI is InChI=1S/C11H14FN/c1-13-11(8-2-3-8)9-4-6-10(12)7-5-9/h4-8,11,13H,2-3H2,1H3/t11-/m0/s1. The maximum Gasteiger partial charge on any atom is 0.123 e. The molecule has 1 atom stereocenters. The van der Waals surface area contributed by atoms with Gasteiger partial charge in [0.1, 0.15) is 5.82 Å². The van der Waals surface area contributed by atoms with Crippen molar-refractivity contribution in [2.45, 2.75) is 18.9 Å². The number of halogens is 1. The van der Waals surface area contributed by atoms with E-state index in [0.29, 0.717) is 6.04 Å². The lowest BCUT2D eigenvalue weighted by Gasteiger charge is -2.15. The van der Waals surface area contributed by atoms with Crippen molar-refractivity contribution in [1.29, 1.82) is 0 Å². The summed E-state index contributed by atoms with van der Waals surface area (Å²) in [6, 6.07) is 7.22. The Balaban J connectivity index is 2.17. The third kappa shape index (κ3) is 1.89. The van der Waals surface area contributed by atoms with E-state index in [1.54, 1.807) is 0 Å². The summed E-state index contributed by atoms with van der Waals surface area (Å²) in [5, 5.41) is 3.28. The molecule has 13 heavy (non-hydrogen) atoms. The van der Waals surface area contributed by atoms with E-state index in [1.807, 2.05) is 19.2 Å². The highest BCUT2D eigenvalue weighted by molar-refractivity contribution is 5.21. The Morgan fingerprint density at radius 2 is 1.92 bits per heavy atom. The van der Waals surface area contributed by atoms with E-state index in [2.05, 4.69) is 5.32 Å². The first-order chi connectivity index (χ1) is 6.31. The molecule has 1 saturated carbocycles. The average Bonchev–Trinajstić information content (AvgIpc) is 2.93. The Labute approximate surface area is 78.0 Å². The Hall–Kier alpha value is -0.890. The Morgan fingerprint density at radius 3 is 2.38 bits per heavy atom. The molecule has 2 heteroatoms. The molecule has 0 aliphatic heterocycles. The molecule has 0 heterocycles. The van der Waals surface area contributed by atoms with E-state index in [9.17, 15) is 4.39 Å². The molecule has 0 aromatic heterocycles. The molecule has 1 nitrogen and oxygen atoms in total. The first-order valence-corrected chi connectivity index (χ1v) is 4.74. The minimum absolute atomic E-state index is 0.158. The first-order valence-electron chi connectivity index (χ1n) is 4.74. The van der Waals surface area contributed by atoms with Crippen LogP contribution in [0.5, 0.6) is 0 Å². The molecule has 0 unspecified atom stereocenters. The molecule has 0 saturated heterocycles. The van der Waals surface area contributed by atoms with Crippen LogP contribution in [0.1, 0.15) is 24.4 Å². The SMILES string of the molecule is CN[C@H](c1ccc(F)cc1)C1CC1. The van der Waals surface area contributed by atoms with Crippen molar-refractivity contribution < 1.29 is 4.39 Å². The molecule has 0 spiro atoms. The summed E-state index contributed by atoms with van der Waals surface area (Å²) >= 11 is 0. The molecule has 0 bridgehead atoms. The highest BCUT2D eigenvalue weighted by Crippen LogP contribution is 2.40. The number of rotatable bonds is 3. The van der Waals surface area contributed by atoms with E-state index in [-0.39, 0.29) is 5.82 Å². The normalized spacial score (nSPS) is 18.6. The molecule has 2 rings (SSSR count). The summed E-state index contributed by atoms with van der Waals surface area (Å²) < 4.78 is 12.7. The fraction of sp³-hybridized carbons (Fsp3) is 0.455. The van der Waals surface area contributed by atoms with E-state index < -0.39 is 0 Å². The highest BCUT2D eigenvalue weighted by Gasteiger charge is 2.30. The van der Waals surface area contributed by atoms with Gasteiger partial charge in [0.2, 0.25) is 0 Å². The summed E-state index contributed by atoms with van der Waals surface area (Å²) in [4.78, 5) is 0. The van der Waals surface area contributed by atoms with E-state index in [0.717, 1.165) is 5.92 Å². The van der Waals surface area contributed by atoms with Crippen molar-refractivity contribution in [3.05, 3.63) is 35.6 Å². The summed E-state index contributed by atoms with van der Waals surface area (Å²) in [7, 11) is 1.96. The third-order valence-corrected chi connectivity index (χ3v) is 2.63. The maximum atomic E-state index is 12.7. The molecule has 1 aromatic rings. The molecule has 1 fully saturated rings. The fourth-order valence-corrected chi connectivity index (χ4v) is 1.77. The van der Waals surface area contributed by atoms with Crippen LogP contribution in [0.25, 0.3) is 0 Å². The van der Waals surface area contributed by atoms with Crippen molar-refractivity contribution in [2.24, 2.45) is 5.92 Å². The molecule has 1 aromatic carbocycles. The zero-order chi connectivity index (χ0) is 9.26. The van der Waals surface area contributed by atoms with E-state index in [1.165, 1.54) is 30.5 Å². The van der Waals surface area contributed by atoms with Crippen LogP contribution in [0.15, 0.2) is 24.3 Å². The van der Waals surface area contributed by atoms with Gasteiger partial charge in [0.25, 0.3) is 0 Å².